The summed E-state index contributed by atoms with van der Waals surface area (Å²) in [5.41, 5.74) is 8.23. The molecule has 0 amide bonds. The SMILES string of the molecule is COc1cc(Cl)c(C)c2ccc(CN)nc12. The molecule has 1 heterocycles. The zero-order valence-electron chi connectivity index (χ0n) is 9.25. The number of ether oxygens (including phenoxy) is 1. The van der Waals surface area contributed by atoms with Crippen LogP contribution in [0.15, 0.2) is 18.2 Å². The number of fused-ring (bicyclic) bond motifs is 1. The smallest absolute Gasteiger partial charge is 0.146 e. The van der Waals surface area contributed by atoms with Crippen molar-refractivity contribution < 1.29 is 4.74 Å². The van der Waals surface area contributed by atoms with Crippen LogP contribution >= 0.6 is 11.6 Å². The summed E-state index contributed by atoms with van der Waals surface area (Å²) in [6.07, 6.45) is 0. The van der Waals surface area contributed by atoms with Crippen molar-refractivity contribution in [1.29, 1.82) is 0 Å². The summed E-state index contributed by atoms with van der Waals surface area (Å²) in [4.78, 5) is 4.46. The molecular formula is C12H13ClN2O. The Morgan fingerprint density at radius 1 is 1.44 bits per heavy atom. The first-order valence-corrected chi connectivity index (χ1v) is 5.38. The standard InChI is InChI=1S/C12H13ClN2O/c1-7-9-4-3-8(6-14)15-12(9)11(16-2)5-10(7)13/h3-5H,6,14H2,1-2H3. The molecule has 0 radical (unpaired) electrons. The summed E-state index contributed by atoms with van der Waals surface area (Å²) in [5, 5.41) is 1.69. The minimum absolute atomic E-state index is 0.417. The van der Waals surface area contributed by atoms with Crippen LogP contribution < -0.4 is 10.5 Å². The molecule has 1 aromatic heterocycles. The Balaban J connectivity index is 2.82. The molecule has 0 bridgehead atoms. The Morgan fingerprint density at radius 3 is 2.81 bits per heavy atom. The van der Waals surface area contributed by atoms with Crippen LogP contribution in [-0.2, 0) is 6.54 Å². The molecule has 2 aromatic rings. The first-order valence-electron chi connectivity index (χ1n) is 5.00. The van der Waals surface area contributed by atoms with Gasteiger partial charge in [0, 0.05) is 23.0 Å². The molecule has 0 spiro atoms. The molecule has 0 unspecified atom stereocenters. The average Bonchev–Trinajstić information content (AvgIpc) is 2.33. The minimum atomic E-state index is 0.417. The number of pyridine rings is 1. The lowest BCUT2D eigenvalue weighted by Gasteiger charge is -2.10. The topological polar surface area (TPSA) is 48.1 Å². The lowest BCUT2D eigenvalue weighted by atomic mass is 10.1. The first kappa shape index (κ1) is 11.2. The monoisotopic (exact) mass is 236 g/mol. The molecule has 0 saturated carbocycles. The molecule has 0 aliphatic rings. The summed E-state index contributed by atoms with van der Waals surface area (Å²) in [5.74, 6) is 0.681. The van der Waals surface area contributed by atoms with Crippen LogP contribution in [0.3, 0.4) is 0 Å². The Bertz CT molecular complexity index is 540. The van der Waals surface area contributed by atoms with Gasteiger partial charge in [-0.15, -0.1) is 0 Å². The number of rotatable bonds is 2. The Morgan fingerprint density at radius 2 is 2.19 bits per heavy atom. The van der Waals surface area contributed by atoms with E-state index in [1.807, 2.05) is 19.1 Å². The molecule has 3 nitrogen and oxygen atoms in total. The number of hydrogen-bond acceptors (Lipinski definition) is 3. The van der Waals surface area contributed by atoms with Crippen LogP contribution in [0.5, 0.6) is 5.75 Å². The molecule has 0 atom stereocenters. The lowest BCUT2D eigenvalue weighted by Crippen LogP contribution is -2.00. The molecule has 0 aliphatic carbocycles. The summed E-state index contributed by atoms with van der Waals surface area (Å²) in [7, 11) is 1.61. The van der Waals surface area contributed by atoms with Gasteiger partial charge in [-0.25, -0.2) is 4.98 Å². The van der Waals surface area contributed by atoms with Gasteiger partial charge in [-0.1, -0.05) is 17.7 Å². The number of aromatic nitrogens is 1. The molecule has 4 heteroatoms. The predicted molar refractivity (Wildman–Crippen MR) is 65.9 cm³/mol. The van der Waals surface area contributed by atoms with E-state index in [0.717, 1.165) is 22.2 Å². The van der Waals surface area contributed by atoms with Crippen molar-refractivity contribution in [2.24, 2.45) is 5.73 Å². The zero-order valence-corrected chi connectivity index (χ0v) is 10.0. The van der Waals surface area contributed by atoms with Gasteiger partial charge in [0.15, 0.2) is 0 Å². The van der Waals surface area contributed by atoms with Gasteiger partial charge < -0.3 is 10.5 Å². The van der Waals surface area contributed by atoms with E-state index in [-0.39, 0.29) is 0 Å². The van der Waals surface area contributed by atoms with Gasteiger partial charge in [0.25, 0.3) is 0 Å². The summed E-state index contributed by atoms with van der Waals surface area (Å²) >= 11 is 6.11. The molecule has 84 valence electrons. The normalized spacial score (nSPS) is 10.8. The maximum atomic E-state index is 6.11. The van der Waals surface area contributed by atoms with Gasteiger partial charge in [-0.2, -0.15) is 0 Å². The quantitative estimate of drug-likeness (QED) is 0.872. The second-order valence-corrected chi connectivity index (χ2v) is 4.00. The van der Waals surface area contributed by atoms with Crippen molar-refractivity contribution in [3.63, 3.8) is 0 Å². The van der Waals surface area contributed by atoms with Gasteiger partial charge in [-0.05, 0) is 18.6 Å². The molecule has 2 rings (SSSR count). The third-order valence-electron chi connectivity index (χ3n) is 2.64. The van der Waals surface area contributed by atoms with E-state index < -0.39 is 0 Å². The van der Waals surface area contributed by atoms with Crippen LogP contribution in [0.2, 0.25) is 5.02 Å². The van der Waals surface area contributed by atoms with Crippen molar-refractivity contribution in [3.8, 4) is 5.75 Å². The number of aryl methyl sites for hydroxylation is 1. The number of methoxy groups -OCH3 is 1. The van der Waals surface area contributed by atoms with Crippen molar-refractivity contribution in [3.05, 3.63) is 34.5 Å². The van der Waals surface area contributed by atoms with E-state index in [2.05, 4.69) is 4.98 Å². The first-order chi connectivity index (χ1) is 7.67. The van der Waals surface area contributed by atoms with Gasteiger partial charge in [0.2, 0.25) is 0 Å². The summed E-state index contributed by atoms with van der Waals surface area (Å²) < 4.78 is 5.28. The van der Waals surface area contributed by atoms with Crippen LogP contribution in [0.4, 0.5) is 0 Å². The van der Waals surface area contributed by atoms with Gasteiger partial charge in [0.05, 0.1) is 12.8 Å². The number of halogens is 1. The van der Waals surface area contributed by atoms with Gasteiger partial charge in [0.1, 0.15) is 11.3 Å². The van der Waals surface area contributed by atoms with E-state index in [9.17, 15) is 0 Å². The lowest BCUT2D eigenvalue weighted by molar-refractivity contribution is 0.418. The molecule has 0 saturated heterocycles. The van der Waals surface area contributed by atoms with Gasteiger partial charge in [-0.3, -0.25) is 0 Å². The fourth-order valence-electron chi connectivity index (χ4n) is 1.68. The average molecular weight is 237 g/mol. The highest BCUT2D eigenvalue weighted by molar-refractivity contribution is 6.32. The fraction of sp³-hybridized carbons (Fsp3) is 0.250. The van der Waals surface area contributed by atoms with E-state index >= 15 is 0 Å². The number of benzene rings is 1. The highest BCUT2D eigenvalue weighted by atomic mass is 35.5. The minimum Gasteiger partial charge on any atom is -0.494 e. The highest BCUT2D eigenvalue weighted by Gasteiger charge is 2.10. The fourth-order valence-corrected chi connectivity index (χ4v) is 1.88. The van der Waals surface area contributed by atoms with Crippen LogP contribution in [0.25, 0.3) is 10.9 Å². The maximum Gasteiger partial charge on any atom is 0.146 e. The number of nitrogens with zero attached hydrogens (tertiary/aromatic N) is 1. The zero-order chi connectivity index (χ0) is 11.7. The summed E-state index contributed by atoms with van der Waals surface area (Å²) in [6.45, 7) is 2.38. The molecule has 1 aromatic carbocycles. The van der Waals surface area contributed by atoms with Crippen LogP contribution in [0, 0.1) is 6.92 Å². The van der Waals surface area contributed by atoms with Crippen molar-refractivity contribution in [1.82, 2.24) is 4.98 Å². The van der Waals surface area contributed by atoms with Crippen molar-refractivity contribution >= 4 is 22.5 Å². The van der Waals surface area contributed by atoms with E-state index in [1.165, 1.54) is 0 Å². The third kappa shape index (κ3) is 1.72. The summed E-state index contributed by atoms with van der Waals surface area (Å²) in [6, 6.07) is 5.67. The number of nitrogens with two attached hydrogens (primary N) is 1. The number of hydrogen-bond donors (Lipinski definition) is 1. The van der Waals surface area contributed by atoms with E-state index in [4.69, 9.17) is 22.1 Å². The highest BCUT2D eigenvalue weighted by Crippen LogP contribution is 2.32. The van der Waals surface area contributed by atoms with Crippen LogP contribution in [-0.4, -0.2) is 12.1 Å². The molecular weight excluding hydrogens is 224 g/mol. The van der Waals surface area contributed by atoms with Crippen LogP contribution in [0.1, 0.15) is 11.3 Å². The second kappa shape index (κ2) is 4.28. The van der Waals surface area contributed by atoms with Gasteiger partial charge >= 0.3 is 0 Å². The molecule has 16 heavy (non-hydrogen) atoms. The Labute approximate surface area is 99.2 Å². The maximum absolute atomic E-state index is 6.11. The van der Waals surface area contributed by atoms with E-state index in [0.29, 0.717) is 17.3 Å². The third-order valence-corrected chi connectivity index (χ3v) is 3.03. The predicted octanol–water partition coefficient (Wildman–Crippen LogP) is 2.66. The molecule has 2 N–H and O–H groups in total. The molecule has 0 fully saturated rings. The second-order valence-electron chi connectivity index (χ2n) is 3.59. The van der Waals surface area contributed by atoms with Crippen molar-refractivity contribution in [2.45, 2.75) is 13.5 Å². The van der Waals surface area contributed by atoms with E-state index in [1.54, 1.807) is 13.2 Å². The Kier molecular flexibility index (Phi) is 2.99. The molecule has 0 aliphatic heterocycles. The Hall–Kier alpha value is -1.32. The van der Waals surface area contributed by atoms with Crippen molar-refractivity contribution in [2.75, 3.05) is 7.11 Å². The largest absolute Gasteiger partial charge is 0.494 e.